The second-order valence-corrected chi connectivity index (χ2v) is 5.75. The molecule has 0 aromatic carbocycles. The Bertz CT molecular complexity index is 255. The summed E-state index contributed by atoms with van der Waals surface area (Å²) < 4.78 is 5.35. The summed E-state index contributed by atoms with van der Waals surface area (Å²) in [5, 5.41) is 8.36. The number of unbranched alkanes of at least 4 members (excludes halogenated alkanes) is 10. The summed E-state index contributed by atoms with van der Waals surface area (Å²) in [7, 11) is 0. The van der Waals surface area contributed by atoms with Crippen molar-refractivity contribution in [1.82, 2.24) is 0 Å². The molecular formula is C19H35NO. The molecule has 0 saturated heterocycles. The van der Waals surface area contributed by atoms with Gasteiger partial charge in [0.1, 0.15) is 0 Å². The van der Waals surface area contributed by atoms with E-state index in [0.29, 0.717) is 13.0 Å². The van der Waals surface area contributed by atoms with Crippen LogP contribution in [0.1, 0.15) is 90.4 Å². The summed E-state index contributed by atoms with van der Waals surface area (Å²) in [6, 6.07) is 2.09. The molecule has 0 saturated carbocycles. The minimum atomic E-state index is 0.519. The van der Waals surface area contributed by atoms with Crippen LogP contribution in [0.5, 0.6) is 0 Å². The summed E-state index contributed by atoms with van der Waals surface area (Å²) in [6.45, 7) is 3.68. The lowest BCUT2D eigenvalue weighted by Crippen LogP contribution is -1.95. The molecule has 0 spiro atoms. The highest BCUT2D eigenvalue weighted by Crippen LogP contribution is 2.08. The Kier molecular flexibility index (Phi) is 18.4. The molecule has 0 rings (SSSR count). The van der Waals surface area contributed by atoms with Crippen molar-refractivity contribution in [2.24, 2.45) is 0 Å². The maximum absolute atomic E-state index is 8.36. The van der Waals surface area contributed by atoms with Gasteiger partial charge in [0, 0.05) is 6.61 Å². The number of allylic oxidation sites excluding steroid dienone is 2. The summed E-state index contributed by atoms with van der Waals surface area (Å²) in [5.41, 5.74) is 0. The van der Waals surface area contributed by atoms with Crippen LogP contribution in [0.2, 0.25) is 0 Å². The average molecular weight is 293 g/mol. The fourth-order valence-electron chi connectivity index (χ4n) is 2.32. The molecule has 2 heteroatoms. The molecule has 0 heterocycles. The monoisotopic (exact) mass is 293 g/mol. The van der Waals surface area contributed by atoms with Gasteiger partial charge < -0.3 is 4.74 Å². The molecule has 0 aliphatic carbocycles. The van der Waals surface area contributed by atoms with Crippen molar-refractivity contribution < 1.29 is 4.74 Å². The minimum Gasteiger partial charge on any atom is -0.380 e. The molecule has 0 unspecified atom stereocenters. The highest BCUT2D eigenvalue weighted by atomic mass is 16.5. The zero-order valence-electron chi connectivity index (χ0n) is 14.1. The van der Waals surface area contributed by atoms with E-state index in [1.165, 1.54) is 70.6 Å². The Morgan fingerprint density at radius 1 is 0.762 bits per heavy atom. The smallest absolute Gasteiger partial charge is 0.0645 e. The molecule has 0 radical (unpaired) electrons. The van der Waals surface area contributed by atoms with Crippen LogP contribution < -0.4 is 0 Å². The number of hydrogen-bond donors (Lipinski definition) is 0. The first-order chi connectivity index (χ1) is 10.4. The summed E-state index contributed by atoms with van der Waals surface area (Å²) >= 11 is 0. The van der Waals surface area contributed by atoms with Crippen LogP contribution in [0.4, 0.5) is 0 Å². The van der Waals surface area contributed by atoms with Crippen molar-refractivity contribution in [3.05, 3.63) is 12.2 Å². The molecule has 0 aromatic heterocycles. The van der Waals surface area contributed by atoms with Crippen LogP contribution in [0, 0.1) is 11.3 Å². The molecule has 0 fully saturated rings. The minimum absolute atomic E-state index is 0.519. The van der Waals surface area contributed by atoms with Crippen LogP contribution >= 0.6 is 0 Å². The van der Waals surface area contributed by atoms with E-state index in [2.05, 4.69) is 25.1 Å². The number of hydrogen-bond acceptors (Lipinski definition) is 2. The third kappa shape index (κ3) is 19.2. The SMILES string of the molecule is CCCCCCC/C=C/CCCCCCCOCCC#N. The van der Waals surface area contributed by atoms with Crippen molar-refractivity contribution in [2.45, 2.75) is 90.4 Å². The van der Waals surface area contributed by atoms with E-state index in [9.17, 15) is 0 Å². The third-order valence-electron chi connectivity index (χ3n) is 3.66. The molecule has 0 atom stereocenters. The predicted octanol–water partition coefficient (Wildman–Crippen LogP) is 6.17. The molecule has 0 aliphatic rings. The van der Waals surface area contributed by atoms with Gasteiger partial charge in [-0.2, -0.15) is 5.26 Å². The third-order valence-corrected chi connectivity index (χ3v) is 3.66. The lowest BCUT2D eigenvalue weighted by molar-refractivity contribution is 0.135. The summed E-state index contributed by atoms with van der Waals surface area (Å²) in [6.07, 6.45) is 21.0. The molecule has 21 heavy (non-hydrogen) atoms. The van der Waals surface area contributed by atoms with E-state index in [4.69, 9.17) is 10.00 Å². The van der Waals surface area contributed by atoms with Crippen molar-refractivity contribution in [1.29, 1.82) is 5.26 Å². The van der Waals surface area contributed by atoms with Gasteiger partial charge in [0.25, 0.3) is 0 Å². The zero-order valence-corrected chi connectivity index (χ0v) is 14.1. The average Bonchev–Trinajstić information content (AvgIpc) is 2.50. The van der Waals surface area contributed by atoms with E-state index in [0.717, 1.165) is 13.0 Å². The van der Waals surface area contributed by atoms with Gasteiger partial charge in [-0.1, -0.05) is 64.0 Å². The summed E-state index contributed by atoms with van der Waals surface area (Å²) in [4.78, 5) is 0. The van der Waals surface area contributed by atoms with Crippen molar-refractivity contribution in [2.75, 3.05) is 13.2 Å². The van der Waals surface area contributed by atoms with Gasteiger partial charge in [0.2, 0.25) is 0 Å². The van der Waals surface area contributed by atoms with Crippen molar-refractivity contribution in [3.8, 4) is 6.07 Å². The Morgan fingerprint density at radius 3 is 1.95 bits per heavy atom. The second-order valence-electron chi connectivity index (χ2n) is 5.75. The highest BCUT2D eigenvalue weighted by molar-refractivity contribution is 4.81. The number of ether oxygens (including phenoxy) is 1. The predicted molar refractivity (Wildman–Crippen MR) is 91.3 cm³/mol. The number of nitrogens with zero attached hydrogens (tertiary/aromatic N) is 1. The Hall–Kier alpha value is -0.810. The van der Waals surface area contributed by atoms with Gasteiger partial charge in [-0.25, -0.2) is 0 Å². The van der Waals surface area contributed by atoms with Gasteiger partial charge in [0.15, 0.2) is 0 Å². The quantitative estimate of drug-likeness (QED) is 0.252. The molecule has 0 bridgehead atoms. The largest absolute Gasteiger partial charge is 0.380 e. The highest BCUT2D eigenvalue weighted by Gasteiger charge is 1.91. The van der Waals surface area contributed by atoms with Crippen LogP contribution in [-0.4, -0.2) is 13.2 Å². The van der Waals surface area contributed by atoms with Gasteiger partial charge >= 0.3 is 0 Å². The van der Waals surface area contributed by atoms with Crippen LogP contribution in [0.15, 0.2) is 12.2 Å². The molecule has 0 aromatic rings. The normalized spacial score (nSPS) is 11.0. The summed E-state index contributed by atoms with van der Waals surface area (Å²) in [5.74, 6) is 0. The number of rotatable bonds is 16. The van der Waals surface area contributed by atoms with Gasteiger partial charge in [0.05, 0.1) is 19.1 Å². The van der Waals surface area contributed by atoms with Gasteiger partial charge in [-0.15, -0.1) is 0 Å². The molecule has 0 amide bonds. The molecular weight excluding hydrogens is 258 g/mol. The number of nitriles is 1. The van der Waals surface area contributed by atoms with E-state index in [-0.39, 0.29) is 0 Å². The van der Waals surface area contributed by atoms with E-state index in [1.807, 2.05) is 0 Å². The lowest BCUT2D eigenvalue weighted by atomic mass is 10.1. The molecule has 0 N–H and O–H groups in total. The van der Waals surface area contributed by atoms with Crippen molar-refractivity contribution in [3.63, 3.8) is 0 Å². The van der Waals surface area contributed by atoms with Crippen LogP contribution in [0.25, 0.3) is 0 Å². The Morgan fingerprint density at radius 2 is 1.33 bits per heavy atom. The van der Waals surface area contributed by atoms with Crippen LogP contribution in [-0.2, 0) is 4.74 Å². The van der Waals surface area contributed by atoms with Gasteiger partial charge in [-0.3, -0.25) is 0 Å². The molecule has 122 valence electrons. The van der Waals surface area contributed by atoms with Crippen LogP contribution in [0.3, 0.4) is 0 Å². The Labute approximate surface area is 132 Å². The first kappa shape index (κ1) is 20.2. The zero-order chi connectivity index (χ0) is 15.4. The fraction of sp³-hybridized carbons (Fsp3) is 0.842. The second kappa shape index (κ2) is 19.2. The lowest BCUT2D eigenvalue weighted by Gasteiger charge is -2.01. The first-order valence-corrected chi connectivity index (χ1v) is 9.01. The molecule has 2 nitrogen and oxygen atoms in total. The van der Waals surface area contributed by atoms with Gasteiger partial charge in [-0.05, 0) is 32.1 Å². The fourth-order valence-corrected chi connectivity index (χ4v) is 2.32. The van der Waals surface area contributed by atoms with E-state index < -0.39 is 0 Å². The molecule has 0 aliphatic heterocycles. The Balaban J connectivity index is 3.03. The van der Waals surface area contributed by atoms with E-state index in [1.54, 1.807) is 0 Å². The van der Waals surface area contributed by atoms with E-state index >= 15 is 0 Å². The van der Waals surface area contributed by atoms with Crippen molar-refractivity contribution >= 4 is 0 Å². The topological polar surface area (TPSA) is 33.0 Å². The standard InChI is InChI=1S/C19H35NO/c1-2-3-4-5-6-7-8-9-10-11-12-13-14-15-18-21-19-16-17-20/h8-9H,2-7,10-16,18-19H2,1H3/b9-8+. The maximum atomic E-state index is 8.36. The maximum Gasteiger partial charge on any atom is 0.0645 e. The first-order valence-electron chi connectivity index (χ1n) is 9.01.